The number of hydrogen-bond donors (Lipinski definition) is 2. The molecule has 1 amide bonds. The van der Waals surface area contributed by atoms with Crippen molar-refractivity contribution in [1.82, 2.24) is 10.2 Å². The molecule has 0 heterocycles. The highest BCUT2D eigenvalue weighted by Crippen LogP contribution is 2.29. The summed E-state index contributed by atoms with van der Waals surface area (Å²) in [4.78, 5) is 14.5. The molecule has 0 spiro atoms. The molecule has 1 rings (SSSR count). The Morgan fingerprint density at radius 3 is 2.47 bits per heavy atom. The van der Waals surface area contributed by atoms with Gasteiger partial charge in [-0.25, -0.2) is 0 Å². The van der Waals surface area contributed by atoms with E-state index in [1.165, 1.54) is 25.7 Å². The van der Waals surface area contributed by atoms with E-state index >= 15 is 0 Å². The summed E-state index contributed by atoms with van der Waals surface area (Å²) < 4.78 is 0. The molecule has 112 valence electrons. The summed E-state index contributed by atoms with van der Waals surface area (Å²) >= 11 is 0. The van der Waals surface area contributed by atoms with Crippen LogP contribution in [0.5, 0.6) is 0 Å². The fourth-order valence-corrected chi connectivity index (χ4v) is 3.25. The monoisotopic (exact) mass is 269 g/mol. The second-order valence-electron chi connectivity index (χ2n) is 6.02. The fourth-order valence-electron chi connectivity index (χ4n) is 3.25. The van der Waals surface area contributed by atoms with Crippen molar-refractivity contribution in [3.63, 3.8) is 0 Å². The second-order valence-corrected chi connectivity index (χ2v) is 6.02. The first-order valence-corrected chi connectivity index (χ1v) is 7.77. The molecule has 0 aromatic carbocycles. The maximum absolute atomic E-state index is 12.2. The lowest BCUT2D eigenvalue weighted by atomic mass is 9.83. The number of hydrogen-bond acceptors (Lipinski definition) is 3. The first-order chi connectivity index (χ1) is 9.01. The van der Waals surface area contributed by atoms with E-state index in [9.17, 15) is 4.79 Å². The van der Waals surface area contributed by atoms with Gasteiger partial charge in [0.25, 0.3) is 0 Å². The molecule has 3 atom stereocenters. The molecule has 1 fully saturated rings. The lowest BCUT2D eigenvalue weighted by Gasteiger charge is -2.42. The van der Waals surface area contributed by atoms with Crippen LogP contribution in [0.3, 0.4) is 0 Å². The Hall–Kier alpha value is -0.610. The van der Waals surface area contributed by atoms with Gasteiger partial charge in [-0.15, -0.1) is 0 Å². The Morgan fingerprint density at radius 1 is 1.32 bits per heavy atom. The highest BCUT2D eigenvalue weighted by Gasteiger charge is 2.33. The molecule has 1 aliphatic rings. The van der Waals surface area contributed by atoms with Gasteiger partial charge in [0.2, 0.25) is 5.91 Å². The van der Waals surface area contributed by atoms with Crippen LogP contribution in [-0.2, 0) is 4.79 Å². The van der Waals surface area contributed by atoms with Gasteiger partial charge in [-0.05, 0) is 52.6 Å². The zero-order valence-corrected chi connectivity index (χ0v) is 13.0. The van der Waals surface area contributed by atoms with Crippen LogP contribution in [0.1, 0.15) is 53.4 Å². The molecule has 0 radical (unpaired) electrons. The number of carbonyl (C=O) groups is 1. The number of nitrogens with two attached hydrogens (primary N) is 1. The predicted octanol–water partition coefficient (Wildman–Crippen LogP) is 1.74. The summed E-state index contributed by atoms with van der Waals surface area (Å²) in [6, 6.07) is 0.603. The quantitative estimate of drug-likeness (QED) is 0.772. The number of nitrogens with zero attached hydrogens (tertiary/aromatic N) is 1. The van der Waals surface area contributed by atoms with E-state index in [1.54, 1.807) is 0 Å². The number of rotatable bonds is 6. The smallest absolute Gasteiger partial charge is 0.237 e. The third kappa shape index (κ3) is 4.46. The van der Waals surface area contributed by atoms with Crippen molar-refractivity contribution in [3.05, 3.63) is 0 Å². The van der Waals surface area contributed by atoms with Crippen molar-refractivity contribution in [2.24, 2.45) is 11.7 Å². The Bertz CT molecular complexity index is 281. The van der Waals surface area contributed by atoms with Crippen LogP contribution in [0, 0.1) is 5.92 Å². The first-order valence-electron chi connectivity index (χ1n) is 7.77. The topological polar surface area (TPSA) is 58.4 Å². The molecule has 3 unspecified atom stereocenters. The average Bonchev–Trinajstić information content (AvgIpc) is 2.39. The van der Waals surface area contributed by atoms with E-state index in [-0.39, 0.29) is 18.0 Å². The number of amides is 1. The largest absolute Gasteiger partial charge is 0.353 e. The van der Waals surface area contributed by atoms with Crippen LogP contribution in [-0.4, -0.2) is 42.0 Å². The van der Waals surface area contributed by atoms with E-state index in [2.05, 4.69) is 17.1 Å². The van der Waals surface area contributed by atoms with Gasteiger partial charge in [0, 0.05) is 12.1 Å². The van der Waals surface area contributed by atoms with Gasteiger partial charge in [0.15, 0.2) is 0 Å². The van der Waals surface area contributed by atoms with E-state index in [4.69, 9.17) is 5.73 Å². The number of nitrogens with one attached hydrogen (secondary N) is 1. The van der Waals surface area contributed by atoms with Crippen LogP contribution < -0.4 is 11.1 Å². The van der Waals surface area contributed by atoms with E-state index in [0.29, 0.717) is 12.0 Å². The number of likely N-dealkylation sites (N-methyl/N-ethyl adjacent to an activating group) is 1. The van der Waals surface area contributed by atoms with Crippen LogP contribution in [0.4, 0.5) is 0 Å². The highest BCUT2D eigenvalue weighted by atomic mass is 16.2. The molecule has 3 N–H and O–H groups in total. The Morgan fingerprint density at radius 2 is 1.95 bits per heavy atom. The Kier molecular flexibility index (Phi) is 6.80. The summed E-state index contributed by atoms with van der Waals surface area (Å²) in [5.41, 5.74) is 5.92. The first kappa shape index (κ1) is 16.4. The van der Waals surface area contributed by atoms with Crippen molar-refractivity contribution in [2.75, 3.05) is 13.1 Å². The predicted molar refractivity (Wildman–Crippen MR) is 79.9 cm³/mol. The lowest BCUT2D eigenvalue weighted by Crippen LogP contribution is -2.54. The Labute approximate surface area is 118 Å². The zero-order chi connectivity index (χ0) is 14.4. The van der Waals surface area contributed by atoms with Crippen molar-refractivity contribution in [1.29, 1.82) is 0 Å². The summed E-state index contributed by atoms with van der Waals surface area (Å²) in [6.07, 6.45) is 4.92. The molecule has 0 saturated heterocycles. The van der Waals surface area contributed by atoms with Gasteiger partial charge in [-0.1, -0.05) is 19.8 Å². The van der Waals surface area contributed by atoms with Gasteiger partial charge in [-0.2, -0.15) is 0 Å². The van der Waals surface area contributed by atoms with E-state index < -0.39 is 0 Å². The van der Waals surface area contributed by atoms with Gasteiger partial charge < -0.3 is 11.1 Å². The van der Waals surface area contributed by atoms with Crippen LogP contribution >= 0.6 is 0 Å². The minimum atomic E-state index is -0.0652. The minimum Gasteiger partial charge on any atom is -0.353 e. The summed E-state index contributed by atoms with van der Waals surface area (Å²) in [5, 5.41) is 3.02. The molecule has 0 aliphatic heterocycles. The zero-order valence-electron chi connectivity index (χ0n) is 13.0. The maximum Gasteiger partial charge on any atom is 0.237 e. The third-order valence-electron chi connectivity index (χ3n) is 4.27. The van der Waals surface area contributed by atoms with Crippen LogP contribution in [0.15, 0.2) is 0 Å². The van der Waals surface area contributed by atoms with E-state index in [0.717, 1.165) is 13.1 Å². The molecular weight excluding hydrogens is 238 g/mol. The van der Waals surface area contributed by atoms with Crippen molar-refractivity contribution >= 4 is 5.91 Å². The summed E-state index contributed by atoms with van der Waals surface area (Å²) in [6.45, 7) is 9.81. The van der Waals surface area contributed by atoms with Crippen molar-refractivity contribution in [3.8, 4) is 0 Å². The molecule has 0 bridgehead atoms. The minimum absolute atomic E-state index is 0.0652. The highest BCUT2D eigenvalue weighted by molar-refractivity contribution is 5.81. The van der Waals surface area contributed by atoms with E-state index in [1.807, 2.05) is 20.8 Å². The van der Waals surface area contributed by atoms with Crippen LogP contribution in [0.25, 0.3) is 0 Å². The van der Waals surface area contributed by atoms with Gasteiger partial charge in [-0.3, -0.25) is 9.69 Å². The maximum atomic E-state index is 12.2. The Balaban J connectivity index is 2.71. The summed E-state index contributed by atoms with van der Waals surface area (Å²) in [7, 11) is 0. The molecule has 4 nitrogen and oxygen atoms in total. The summed E-state index contributed by atoms with van der Waals surface area (Å²) in [5.74, 6) is 0.682. The van der Waals surface area contributed by atoms with Gasteiger partial charge in [0.05, 0.1) is 6.04 Å². The van der Waals surface area contributed by atoms with Crippen molar-refractivity contribution in [2.45, 2.75) is 71.5 Å². The molecule has 19 heavy (non-hydrogen) atoms. The third-order valence-corrected chi connectivity index (χ3v) is 4.27. The molecular formula is C15H31N3O. The SMILES string of the molecule is CCN(C(C)C(=O)NC(C)C)C1CCCCC1CN. The van der Waals surface area contributed by atoms with Crippen LogP contribution in [0.2, 0.25) is 0 Å². The normalized spacial score (nSPS) is 25.6. The molecule has 4 heteroatoms. The average molecular weight is 269 g/mol. The second kappa shape index (κ2) is 7.85. The fraction of sp³-hybridized carbons (Fsp3) is 0.933. The molecule has 0 aromatic rings. The number of carbonyl (C=O) groups excluding carboxylic acids is 1. The standard InChI is InChI=1S/C15H31N3O/c1-5-18(12(4)15(19)17-11(2)3)14-9-7-6-8-13(14)10-16/h11-14H,5-10,16H2,1-4H3,(H,17,19). The lowest BCUT2D eigenvalue weighted by molar-refractivity contribution is -0.128. The van der Waals surface area contributed by atoms with Crippen molar-refractivity contribution < 1.29 is 4.79 Å². The molecule has 1 aliphatic carbocycles. The molecule has 1 saturated carbocycles. The van der Waals surface area contributed by atoms with Gasteiger partial charge in [0.1, 0.15) is 0 Å². The van der Waals surface area contributed by atoms with Gasteiger partial charge >= 0.3 is 0 Å². The molecule has 0 aromatic heterocycles.